The Bertz CT molecular complexity index is 112. The minimum atomic E-state index is 0.193. The monoisotopic (exact) mass is 190 g/mol. The first-order valence-corrected chi connectivity index (χ1v) is 4.80. The molecule has 0 aliphatic rings. The van der Waals surface area contributed by atoms with E-state index < -0.39 is 0 Å². The molecule has 0 radical (unpaired) electrons. The summed E-state index contributed by atoms with van der Waals surface area (Å²) in [6, 6.07) is 0.423. The highest BCUT2D eigenvalue weighted by atomic mass is 16.5. The molecule has 4 heteroatoms. The summed E-state index contributed by atoms with van der Waals surface area (Å²) in [5.41, 5.74) is 5.47. The van der Waals surface area contributed by atoms with Crippen LogP contribution in [0.5, 0.6) is 0 Å². The molecule has 0 aromatic carbocycles. The third kappa shape index (κ3) is 5.99. The molecule has 1 atom stereocenters. The van der Waals surface area contributed by atoms with Crippen LogP contribution in [0.1, 0.15) is 13.3 Å². The Hall–Kier alpha value is -0.160. The van der Waals surface area contributed by atoms with Crippen LogP contribution in [0.2, 0.25) is 0 Å². The lowest BCUT2D eigenvalue weighted by Crippen LogP contribution is -2.38. The second-order valence-electron chi connectivity index (χ2n) is 3.18. The number of hydrogen-bond donors (Lipinski definition) is 2. The van der Waals surface area contributed by atoms with Crippen molar-refractivity contribution in [2.24, 2.45) is 5.73 Å². The number of aliphatic hydroxyl groups excluding tert-OH is 1. The SMILES string of the molecule is COCCN(CCO)C(C)CCN. The molecule has 0 bridgehead atoms. The van der Waals surface area contributed by atoms with Gasteiger partial charge in [-0.2, -0.15) is 0 Å². The molecule has 0 aromatic rings. The number of methoxy groups -OCH3 is 1. The highest BCUT2D eigenvalue weighted by molar-refractivity contribution is 4.67. The molecule has 3 N–H and O–H groups in total. The first-order chi connectivity index (χ1) is 6.26. The molecule has 13 heavy (non-hydrogen) atoms. The van der Waals surface area contributed by atoms with E-state index in [0.717, 1.165) is 13.0 Å². The van der Waals surface area contributed by atoms with Crippen molar-refractivity contribution in [3.8, 4) is 0 Å². The first kappa shape index (κ1) is 12.8. The molecule has 0 aliphatic heterocycles. The van der Waals surface area contributed by atoms with Crippen LogP contribution >= 0.6 is 0 Å². The molecule has 0 saturated carbocycles. The summed E-state index contributed by atoms with van der Waals surface area (Å²) in [7, 11) is 1.69. The van der Waals surface area contributed by atoms with Crippen LogP contribution in [0.4, 0.5) is 0 Å². The average molecular weight is 190 g/mol. The van der Waals surface area contributed by atoms with E-state index in [1.54, 1.807) is 7.11 Å². The normalized spacial score (nSPS) is 13.6. The van der Waals surface area contributed by atoms with Crippen molar-refractivity contribution in [3.63, 3.8) is 0 Å². The van der Waals surface area contributed by atoms with Gasteiger partial charge in [-0.3, -0.25) is 4.90 Å². The van der Waals surface area contributed by atoms with E-state index in [1.165, 1.54) is 0 Å². The smallest absolute Gasteiger partial charge is 0.0589 e. The lowest BCUT2D eigenvalue weighted by Gasteiger charge is -2.27. The minimum absolute atomic E-state index is 0.193. The fourth-order valence-electron chi connectivity index (χ4n) is 1.31. The first-order valence-electron chi connectivity index (χ1n) is 4.80. The van der Waals surface area contributed by atoms with Crippen LogP contribution in [-0.2, 0) is 4.74 Å². The van der Waals surface area contributed by atoms with E-state index in [1.807, 2.05) is 0 Å². The van der Waals surface area contributed by atoms with Gasteiger partial charge in [-0.1, -0.05) is 0 Å². The van der Waals surface area contributed by atoms with Crippen LogP contribution < -0.4 is 5.73 Å². The van der Waals surface area contributed by atoms with Gasteiger partial charge in [0.15, 0.2) is 0 Å². The number of aliphatic hydroxyl groups is 1. The standard InChI is InChI=1S/C9H22N2O2/c1-9(3-4-10)11(5-7-12)6-8-13-2/h9,12H,3-8,10H2,1-2H3. The zero-order valence-electron chi connectivity index (χ0n) is 8.70. The predicted octanol–water partition coefficient (Wildman–Crippen LogP) is -0.336. The number of rotatable bonds is 8. The molecule has 0 amide bonds. The topological polar surface area (TPSA) is 58.7 Å². The lowest BCUT2D eigenvalue weighted by molar-refractivity contribution is 0.104. The van der Waals surface area contributed by atoms with Crippen LogP contribution in [0.3, 0.4) is 0 Å². The third-order valence-corrected chi connectivity index (χ3v) is 2.18. The van der Waals surface area contributed by atoms with Crippen LogP contribution in [0.25, 0.3) is 0 Å². The van der Waals surface area contributed by atoms with Gasteiger partial charge in [-0.15, -0.1) is 0 Å². The largest absolute Gasteiger partial charge is 0.395 e. The Morgan fingerprint density at radius 1 is 1.46 bits per heavy atom. The summed E-state index contributed by atoms with van der Waals surface area (Å²) >= 11 is 0. The maximum Gasteiger partial charge on any atom is 0.0589 e. The fourth-order valence-corrected chi connectivity index (χ4v) is 1.31. The van der Waals surface area contributed by atoms with Crippen molar-refractivity contribution >= 4 is 0 Å². The van der Waals surface area contributed by atoms with Crippen molar-refractivity contribution in [1.29, 1.82) is 0 Å². The number of hydrogen-bond acceptors (Lipinski definition) is 4. The number of nitrogens with zero attached hydrogens (tertiary/aromatic N) is 1. The molecule has 1 unspecified atom stereocenters. The van der Waals surface area contributed by atoms with Gasteiger partial charge in [0.25, 0.3) is 0 Å². The molecule has 0 fully saturated rings. The highest BCUT2D eigenvalue weighted by Gasteiger charge is 2.11. The molecular formula is C9H22N2O2. The maximum atomic E-state index is 8.84. The van der Waals surface area contributed by atoms with Crippen molar-refractivity contribution < 1.29 is 9.84 Å². The summed E-state index contributed by atoms with van der Waals surface area (Å²) in [6.45, 7) is 5.27. The zero-order valence-corrected chi connectivity index (χ0v) is 8.70. The van der Waals surface area contributed by atoms with Gasteiger partial charge in [0.1, 0.15) is 0 Å². The van der Waals surface area contributed by atoms with Gasteiger partial charge in [-0.05, 0) is 19.9 Å². The molecule has 0 heterocycles. The minimum Gasteiger partial charge on any atom is -0.395 e. The molecule has 0 aromatic heterocycles. The molecule has 0 rings (SSSR count). The molecule has 0 saturated heterocycles. The Balaban J connectivity index is 3.75. The van der Waals surface area contributed by atoms with Crippen LogP contribution in [-0.4, -0.2) is 56.0 Å². The molecule has 0 aliphatic carbocycles. The number of ether oxygens (including phenoxy) is 1. The van der Waals surface area contributed by atoms with E-state index in [9.17, 15) is 0 Å². The Morgan fingerprint density at radius 2 is 2.15 bits per heavy atom. The van der Waals surface area contributed by atoms with Gasteiger partial charge in [0, 0.05) is 26.2 Å². The van der Waals surface area contributed by atoms with E-state index in [2.05, 4.69) is 11.8 Å². The maximum absolute atomic E-state index is 8.84. The molecule has 80 valence electrons. The Labute approximate surface area is 80.7 Å². The summed E-state index contributed by atoms with van der Waals surface area (Å²) in [5, 5.41) is 8.84. The van der Waals surface area contributed by atoms with Gasteiger partial charge >= 0.3 is 0 Å². The van der Waals surface area contributed by atoms with Gasteiger partial charge in [0.2, 0.25) is 0 Å². The van der Waals surface area contributed by atoms with Gasteiger partial charge < -0.3 is 15.6 Å². The van der Waals surface area contributed by atoms with Crippen molar-refractivity contribution in [2.45, 2.75) is 19.4 Å². The fraction of sp³-hybridized carbons (Fsp3) is 1.00. The summed E-state index contributed by atoms with van der Waals surface area (Å²) < 4.78 is 4.99. The third-order valence-electron chi connectivity index (χ3n) is 2.18. The molecule has 4 nitrogen and oxygen atoms in total. The second-order valence-corrected chi connectivity index (χ2v) is 3.18. The van der Waals surface area contributed by atoms with Gasteiger partial charge in [0.05, 0.1) is 13.2 Å². The average Bonchev–Trinajstić information content (AvgIpc) is 2.12. The lowest BCUT2D eigenvalue weighted by atomic mass is 10.2. The predicted molar refractivity (Wildman–Crippen MR) is 53.7 cm³/mol. The summed E-state index contributed by atoms with van der Waals surface area (Å²) in [6.07, 6.45) is 0.962. The summed E-state index contributed by atoms with van der Waals surface area (Å²) in [5.74, 6) is 0. The van der Waals surface area contributed by atoms with Crippen LogP contribution in [0.15, 0.2) is 0 Å². The number of nitrogens with two attached hydrogens (primary N) is 1. The second kappa shape index (κ2) is 8.44. The van der Waals surface area contributed by atoms with Crippen LogP contribution in [0, 0.1) is 0 Å². The molecular weight excluding hydrogens is 168 g/mol. The molecule has 0 spiro atoms. The van der Waals surface area contributed by atoms with Crippen molar-refractivity contribution in [3.05, 3.63) is 0 Å². The van der Waals surface area contributed by atoms with Crippen molar-refractivity contribution in [1.82, 2.24) is 4.90 Å². The Morgan fingerprint density at radius 3 is 2.62 bits per heavy atom. The highest BCUT2D eigenvalue weighted by Crippen LogP contribution is 2.01. The quantitative estimate of drug-likeness (QED) is 0.550. The summed E-state index contributed by atoms with van der Waals surface area (Å²) in [4.78, 5) is 2.19. The van der Waals surface area contributed by atoms with Gasteiger partial charge in [-0.25, -0.2) is 0 Å². The van der Waals surface area contributed by atoms with E-state index in [0.29, 0.717) is 25.7 Å². The van der Waals surface area contributed by atoms with E-state index >= 15 is 0 Å². The zero-order chi connectivity index (χ0) is 10.1. The van der Waals surface area contributed by atoms with Crippen molar-refractivity contribution in [2.75, 3.05) is 40.0 Å². The van der Waals surface area contributed by atoms with E-state index in [-0.39, 0.29) is 6.61 Å². The Kier molecular flexibility index (Phi) is 8.33. The van der Waals surface area contributed by atoms with E-state index in [4.69, 9.17) is 15.6 Å².